The van der Waals surface area contributed by atoms with Crippen molar-refractivity contribution in [3.05, 3.63) is 29.8 Å². The molecule has 112 valence electrons. The van der Waals surface area contributed by atoms with E-state index in [1.54, 1.807) is 30.8 Å². The van der Waals surface area contributed by atoms with Crippen molar-refractivity contribution in [3.63, 3.8) is 0 Å². The highest BCUT2D eigenvalue weighted by atomic mass is 32.2. The minimum Gasteiger partial charge on any atom is -0.349 e. The SMILES string of the molecule is CCCNC(C)c1ccc(SCCC(=O)N(C)C)cc1. The van der Waals surface area contributed by atoms with Crippen LogP contribution in [0.4, 0.5) is 0 Å². The van der Waals surface area contributed by atoms with Gasteiger partial charge in [0.2, 0.25) is 5.91 Å². The first-order valence-corrected chi connectivity index (χ1v) is 8.19. The lowest BCUT2D eigenvalue weighted by Gasteiger charge is -2.14. The molecule has 0 heterocycles. The van der Waals surface area contributed by atoms with Gasteiger partial charge in [0.25, 0.3) is 0 Å². The summed E-state index contributed by atoms with van der Waals surface area (Å²) in [6.45, 7) is 5.41. The van der Waals surface area contributed by atoms with Crippen LogP contribution in [0.2, 0.25) is 0 Å². The fourth-order valence-corrected chi connectivity index (χ4v) is 2.65. The molecule has 0 radical (unpaired) electrons. The Kier molecular flexibility index (Phi) is 7.70. The van der Waals surface area contributed by atoms with Crippen LogP contribution >= 0.6 is 11.8 Å². The molecule has 0 aliphatic carbocycles. The molecule has 1 amide bonds. The predicted molar refractivity (Wildman–Crippen MR) is 87.2 cm³/mol. The Morgan fingerprint density at radius 3 is 2.50 bits per heavy atom. The Morgan fingerprint density at radius 1 is 1.30 bits per heavy atom. The zero-order valence-electron chi connectivity index (χ0n) is 13.0. The van der Waals surface area contributed by atoms with E-state index in [1.165, 1.54) is 10.5 Å². The standard InChI is InChI=1S/C16H26N2OS/c1-5-11-17-13(2)14-6-8-15(9-7-14)20-12-10-16(19)18(3)4/h6-9,13,17H,5,10-12H2,1-4H3. The maximum atomic E-state index is 11.5. The summed E-state index contributed by atoms with van der Waals surface area (Å²) in [4.78, 5) is 14.3. The highest BCUT2D eigenvalue weighted by Gasteiger charge is 2.06. The summed E-state index contributed by atoms with van der Waals surface area (Å²) in [5.41, 5.74) is 1.31. The van der Waals surface area contributed by atoms with Gasteiger partial charge in [0, 0.05) is 37.2 Å². The molecule has 0 fully saturated rings. The largest absolute Gasteiger partial charge is 0.349 e. The summed E-state index contributed by atoms with van der Waals surface area (Å²) in [5, 5.41) is 3.48. The quantitative estimate of drug-likeness (QED) is 0.747. The second kappa shape index (κ2) is 9.03. The number of carbonyl (C=O) groups excluding carboxylic acids is 1. The first kappa shape index (κ1) is 17.1. The molecule has 0 bridgehead atoms. The second-order valence-electron chi connectivity index (χ2n) is 5.13. The van der Waals surface area contributed by atoms with Gasteiger partial charge in [-0.25, -0.2) is 0 Å². The summed E-state index contributed by atoms with van der Waals surface area (Å²) < 4.78 is 0. The van der Waals surface area contributed by atoms with Gasteiger partial charge in [-0.1, -0.05) is 19.1 Å². The maximum absolute atomic E-state index is 11.5. The molecule has 3 nitrogen and oxygen atoms in total. The zero-order chi connectivity index (χ0) is 15.0. The van der Waals surface area contributed by atoms with E-state index in [9.17, 15) is 4.79 Å². The Morgan fingerprint density at radius 2 is 1.95 bits per heavy atom. The molecule has 0 saturated carbocycles. The molecule has 0 aliphatic rings. The minimum absolute atomic E-state index is 0.187. The van der Waals surface area contributed by atoms with Gasteiger partial charge in [-0.3, -0.25) is 4.79 Å². The number of benzene rings is 1. The molecule has 1 aromatic rings. The molecule has 0 saturated heterocycles. The number of amides is 1. The number of hydrogen-bond acceptors (Lipinski definition) is 3. The lowest BCUT2D eigenvalue weighted by Crippen LogP contribution is -2.21. The van der Waals surface area contributed by atoms with E-state index in [4.69, 9.17) is 0 Å². The van der Waals surface area contributed by atoms with Gasteiger partial charge < -0.3 is 10.2 Å². The van der Waals surface area contributed by atoms with Crippen LogP contribution in [0.3, 0.4) is 0 Å². The van der Waals surface area contributed by atoms with Crippen LogP contribution < -0.4 is 5.32 Å². The van der Waals surface area contributed by atoms with Crippen LogP contribution in [0.5, 0.6) is 0 Å². The number of nitrogens with one attached hydrogen (secondary N) is 1. The minimum atomic E-state index is 0.187. The van der Waals surface area contributed by atoms with Crippen LogP contribution in [0, 0.1) is 0 Å². The van der Waals surface area contributed by atoms with Crippen LogP contribution in [0.25, 0.3) is 0 Å². The third kappa shape index (κ3) is 5.97. The molecule has 0 spiro atoms. The average molecular weight is 294 g/mol. The third-order valence-corrected chi connectivity index (χ3v) is 4.18. The van der Waals surface area contributed by atoms with Crippen LogP contribution in [-0.4, -0.2) is 37.2 Å². The molecular weight excluding hydrogens is 268 g/mol. The van der Waals surface area contributed by atoms with Crippen LogP contribution in [-0.2, 0) is 4.79 Å². The summed E-state index contributed by atoms with van der Waals surface area (Å²) in [6.07, 6.45) is 1.74. The molecule has 20 heavy (non-hydrogen) atoms. The maximum Gasteiger partial charge on any atom is 0.222 e. The summed E-state index contributed by atoms with van der Waals surface area (Å²) in [5.74, 6) is 1.02. The van der Waals surface area contributed by atoms with Gasteiger partial charge >= 0.3 is 0 Å². The number of rotatable bonds is 8. The van der Waals surface area contributed by atoms with Crippen molar-refractivity contribution in [1.82, 2.24) is 10.2 Å². The van der Waals surface area contributed by atoms with Gasteiger partial charge in [-0.15, -0.1) is 11.8 Å². The van der Waals surface area contributed by atoms with Crippen molar-refractivity contribution in [2.24, 2.45) is 0 Å². The van der Waals surface area contributed by atoms with Gasteiger partial charge in [0.05, 0.1) is 0 Å². The molecule has 1 unspecified atom stereocenters. The average Bonchev–Trinajstić information content (AvgIpc) is 2.45. The lowest BCUT2D eigenvalue weighted by atomic mass is 10.1. The van der Waals surface area contributed by atoms with Crippen LogP contribution in [0.1, 0.15) is 38.3 Å². The highest BCUT2D eigenvalue weighted by molar-refractivity contribution is 7.99. The van der Waals surface area contributed by atoms with E-state index in [0.717, 1.165) is 18.7 Å². The Labute approximate surface area is 127 Å². The van der Waals surface area contributed by atoms with E-state index in [1.807, 2.05) is 0 Å². The Balaban J connectivity index is 2.40. The number of nitrogens with zero attached hydrogens (tertiary/aromatic N) is 1. The van der Waals surface area contributed by atoms with Crippen LogP contribution in [0.15, 0.2) is 29.2 Å². The van der Waals surface area contributed by atoms with Crippen molar-refractivity contribution in [3.8, 4) is 0 Å². The highest BCUT2D eigenvalue weighted by Crippen LogP contribution is 2.21. The van der Waals surface area contributed by atoms with Crippen molar-refractivity contribution < 1.29 is 4.79 Å². The lowest BCUT2D eigenvalue weighted by molar-refractivity contribution is -0.128. The summed E-state index contributed by atoms with van der Waals surface area (Å²) in [6, 6.07) is 9.02. The first-order chi connectivity index (χ1) is 9.54. The molecule has 4 heteroatoms. The van der Waals surface area contributed by atoms with E-state index in [-0.39, 0.29) is 5.91 Å². The molecule has 1 aromatic carbocycles. The van der Waals surface area contributed by atoms with Gasteiger partial charge in [-0.2, -0.15) is 0 Å². The van der Waals surface area contributed by atoms with Crippen molar-refractivity contribution >= 4 is 17.7 Å². The van der Waals surface area contributed by atoms with E-state index < -0.39 is 0 Å². The first-order valence-electron chi connectivity index (χ1n) is 7.21. The molecule has 0 aromatic heterocycles. The monoisotopic (exact) mass is 294 g/mol. The molecule has 1 rings (SSSR count). The topological polar surface area (TPSA) is 32.3 Å². The van der Waals surface area contributed by atoms with Gasteiger partial charge in [0.15, 0.2) is 0 Å². The normalized spacial score (nSPS) is 12.2. The fourth-order valence-electron chi connectivity index (χ4n) is 1.81. The number of thioether (sulfide) groups is 1. The molecule has 0 aliphatic heterocycles. The molecule has 1 N–H and O–H groups in total. The fraction of sp³-hybridized carbons (Fsp3) is 0.562. The number of hydrogen-bond donors (Lipinski definition) is 1. The van der Waals surface area contributed by atoms with Gasteiger partial charge in [-0.05, 0) is 37.6 Å². The predicted octanol–water partition coefficient (Wildman–Crippen LogP) is 3.32. The van der Waals surface area contributed by atoms with Gasteiger partial charge in [0.1, 0.15) is 0 Å². The third-order valence-electron chi connectivity index (χ3n) is 3.16. The van der Waals surface area contributed by atoms with Crippen molar-refractivity contribution in [2.45, 2.75) is 37.6 Å². The van der Waals surface area contributed by atoms with E-state index in [2.05, 4.69) is 43.4 Å². The smallest absolute Gasteiger partial charge is 0.222 e. The van der Waals surface area contributed by atoms with Crippen molar-refractivity contribution in [1.29, 1.82) is 0 Å². The summed E-state index contributed by atoms with van der Waals surface area (Å²) in [7, 11) is 3.60. The summed E-state index contributed by atoms with van der Waals surface area (Å²) >= 11 is 1.74. The van der Waals surface area contributed by atoms with E-state index in [0.29, 0.717) is 12.5 Å². The zero-order valence-corrected chi connectivity index (χ0v) is 13.8. The second-order valence-corrected chi connectivity index (χ2v) is 6.30. The molecular formula is C16H26N2OS. The number of carbonyl (C=O) groups is 1. The Bertz CT molecular complexity index is 403. The molecule has 1 atom stereocenters. The van der Waals surface area contributed by atoms with E-state index >= 15 is 0 Å². The van der Waals surface area contributed by atoms with Crippen molar-refractivity contribution in [2.75, 3.05) is 26.4 Å². The Hall–Kier alpha value is -1.00.